The molecule has 0 aliphatic carbocycles. The number of alkyl halides is 3. The van der Waals surface area contributed by atoms with Gasteiger partial charge in [0.25, 0.3) is 5.91 Å². The van der Waals surface area contributed by atoms with Gasteiger partial charge in [0.1, 0.15) is 17.3 Å². The van der Waals surface area contributed by atoms with E-state index in [2.05, 4.69) is 10.3 Å². The van der Waals surface area contributed by atoms with Crippen LogP contribution in [0.1, 0.15) is 34.6 Å². The molecular weight excluding hydrogens is 455 g/mol. The Morgan fingerprint density at radius 1 is 0.971 bits per heavy atom. The maximum atomic E-state index is 12.9. The molecule has 4 rings (SSSR count). The average molecular weight is 480 g/mol. The summed E-state index contributed by atoms with van der Waals surface area (Å²) in [6.45, 7) is 1.87. The number of carbonyl (C=O) groups excluding carboxylic acids is 1. The molecule has 35 heavy (non-hydrogen) atoms. The summed E-state index contributed by atoms with van der Waals surface area (Å²) >= 11 is 0. The fourth-order valence-electron chi connectivity index (χ4n) is 3.61. The van der Waals surface area contributed by atoms with Gasteiger partial charge in [-0.1, -0.05) is 18.2 Å². The standard InChI is InChI=1S/C27H24F3N3O2/c1-17(23-7-5-9-25(32-23)33(2)3)31-26(34)19-10-15-22-18(16-19)6-4-8-24(22)35-21-13-11-20(12-14-21)27(28,29)30/h4-17H,1-3H3,(H,31,34)/t17-/m0/s1. The molecular formula is C27H24F3N3O2. The van der Waals surface area contributed by atoms with Gasteiger partial charge in [0.2, 0.25) is 0 Å². The van der Waals surface area contributed by atoms with Crippen LogP contribution in [-0.4, -0.2) is 25.0 Å². The normalized spacial score (nSPS) is 12.3. The first-order valence-electron chi connectivity index (χ1n) is 10.9. The van der Waals surface area contributed by atoms with E-state index in [1.807, 2.05) is 50.2 Å². The van der Waals surface area contributed by atoms with Gasteiger partial charge >= 0.3 is 6.18 Å². The molecule has 3 aromatic carbocycles. The Balaban J connectivity index is 1.52. The van der Waals surface area contributed by atoms with Gasteiger partial charge in [-0.2, -0.15) is 13.2 Å². The van der Waals surface area contributed by atoms with E-state index in [0.717, 1.165) is 34.4 Å². The van der Waals surface area contributed by atoms with Crippen molar-refractivity contribution in [2.75, 3.05) is 19.0 Å². The maximum absolute atomic E-state index is 12.9. The fourth-order valence-corrected chi connectivity index (χ4v) is 3.61. The first-order chi connectivity index (χ1) is 16.6. The Kier molecular flexibility index (Phi) is 6.64. The Labute approximate surface area is 201 Å². The zero-order valence-electron chi connectivity index (χ0n) is 19.4. The highest BCUT2D eigenvalue weighted by Gasteiger charge is 2.30. The van der Waals surface area contributed by atoms with Crippen LogP contribution >= 0.6 is 0 Å². The van der Waals surface area contributed by atoms with E-state index >= 15 is 0 Å². The van der Waals surface area contributed by atoms with Crippen molar-refractivity contribution in [2.24, 2.45) is 0 Å². The summed E-state index contributed by atoms with van der Waals surface area (Å²) in [6.07, 6.45) is -4.41. The Hall–Kier alpha value is -4.07. The van der Waals surface area contributed by atoms with E-state index in [9.17, 15) is 18.0 Å². The van der Waals surface area contributed by atoms with Gasteiger partial charge in [-0.05, 0) is 73.0 Å². The third-order valence-electron chi connectivity index (χ3n) is 5.52. The number of fused-ring (bicyclic) bond motifs is 1. The molecule has 5 nitrogen and oxygen atoms in total. The minimum atomic E-state index is -4.41. The first kappa shape index (κ1) is 24.1. The summed E-state index contributed by atoms with van der Waals surface area (Å²) < 4.78 is 44.2. The van der Waals surface area contributed by atoms with E-state index in [4.69, 9.17) is 4.74 Å². The molecule has 8 heteroatoms. The number of hydrogen-bond donors (Lipinski definition) is 1. The van der Waals surface area contributed by atoms with Crippen molar-refractivity contribution < 1.29 is 22.7 Å². The lowest BCUT2D eigenvalue weighted by Crippen LogP contribution is -2.27. The monoisotopic (exact) mass is 479 g/mol. The topological polar surface area (TPSA) is 54.5 Å². The Morgan fingerprint density at radius 3 is 2.37 bits per heavy atom. The van der Waals surface area contributed by atoms with E-state index in [1.165, 1.54) is 12.1 Å². The summed E-state index contributed by atoms with van der Waals surface area (Å²) in [6, 6.07) is 20.4. The van der Waals surface area contributed by atoms with Crippen molar-refractivity contribution in [3.63, 3.8) is 0 Å². The maximum Gasteiger partial charge on any atom is 0.416 e. The molecule has 0 spiro atoms. The van der Waals surface area contributed by atoms with E-state index in [1.54, 1.807) is 30.3 Å². The number of benzene rings is 3. The SMILES string of the molecule is C[C@H](NC(=O)c1ccc2c(Oc3ccc(C(F)(F)F)cc3)cccc2c1)c1cccc(N(C)C)n1. The van der Waals surface area contributed by atoms with E-state index < -0.39 is 11.7 Å². The smallest absolute Gasteiger partial charge is 0.416 e. The number of aromatic nitrogens is 1. The molecule has 0 aliphatic rings. The van der Waals surface area contributed by atoms with Gasteiger partial charge in [-0.15, -0.1) is 0 Å². The Morgan fingerprint density at radius 2 is 1.69 bits per heavy atom. The molecule has 0 fully saturated rings. The quantitative estimate of drug-likeness (QED) is 0.338. The second-order valence-electron chi connectivity index (χ2n) is 8.33. The molecule has 0 bridgehead atoms. The number of pyridine rings is 1. The van der Waals surface area contributed by atoms with Gasteiger partial charge in [-0.25, -0.2) is 4.98 Å². The van der Waals surface area contributed by atoms with Crippen LogP contribution in [0.25, 0.3) is 10.8 Å². The third kappa shape index (κ3) is 5.54. The van der Waals surface area contributed by atoms with Gasteiger partial charge in [0.05, 0.1) is 17.3 Å². The molecule has 1 N–H and O–H groups in total. The van der Waals surface area contributed by atoms with Crippen LogP contribution in [0.5, 0.6) is 11.5 Å². The van der Waals surface area contributed by atoms with Crippen molar-refractivity contribution in [3.8, 4) is 11.5 Å². The van der Waals surface area contributed by atoms with Crippen LogP contribution in [0.15, 0.2) is 78.9 Å². The second kappa shape index (κ2) is 9.66. The highest BCUT2D eigenvalue weighted by molar-refractivity contribution is 6.00. The number of nitrogens with one attached hydrogen (secondary N) is 1. The summed E-state index contributed by atoms with van der Waals surface area (Å²) in [4.78, 5) is 19.4. The number of carbonyl (C=O) groups is 1. The predicted octanol–water partition coefficient (Wildman–Crippen LogP) is 6.60. The van der Waals surface area contributed by atoms with Crippen molar-refractivity contribution >= 4 is 22.5 Å². The van der Waals surface area contributed by atoms with Gasteiger partial charge in [0, 0.05) is 25.0 Å². The lowest BCUT2D eigenvalue weighted by Gasteiger charge is -2.17. The minimum Gasteiger partial charge on any atom is -0.457 e. The molecule has 4 aromatic rings. The van der Waals surface area contributed by atoms with E-state index in [0.29, 0.717) is 11.3 Å². The van der Waals surface area contributed by atoms with Crippen molar-refractivity contribution in [1.82, 2.24) is 10.3 Å². The number of ether oxygens (including phenoxy) is 1. The molecule has 180 valence electrons. The molecule has 1 amide bonds. The lowest BCUT2D eigenvalue weighted by molar-refractivity contribution is -0.137. The predicted molar refractivity (Wildman–Crippen MR) is 130 cm³/mol. The van der Waals surface area contributed by atoms with Crippen LogP contribution in [0.4, 0.5) is 19.0 Å². The van der Waals surface area contributed by atoms with Crippen LogP contribution < -0.4 is 15.0 Å². The van der Waals surface area contributed by atoms with E-state index in [-0.39, 0.29) is 17.7 Å². The van der Waals surface area contributed by atoms with Gasteiger partial charge in [0.15, 0.2) is 0 Å². The summed E-state index contributed by atoms with van der Waals surface area (Å²) in [5, 5.41) is 4.47. The zero-order valence-corrected chi connectivity index (χ0v) is 19.4. The third-order valence-corrected chi connectivity index (χ3v) is 5.52. The fraction of sp³-hybridized carbons (Fsp3) is 0.185. The second-order valence-corrected chi connectivity index (χ2v) is 8.33. The van der Waals surface area contributed by atoms with Crippen LogP contribution in [0.3, 0.4) is 0 Å². The summed E-state index contributed by atoms with van der Waals surface area (Å²) in [7, 11) is 3.81. The number of anilines is 1. The summed E-state index contributed by atoms with van der Waals surface area (Å²) in [5.41, 5.74) is 0.480. The number of nitrogens with zero attached hydrogens (tertiary/aromatic N) is 2. The van der Waals surface area contributed by atoms with Crippen LogP contribution in [0, 0.1) is 0 Å². The molecule has 0 saturated heterocycles. The van der Waals surface area contributed by atoms with Crippen molar-refractivity contribution in [1.29, 1.82) is 0 Å². The number of amides is 1. The minimum absolute atomic E-state index is 0.245. The van der Waals surface area contributed by atoms with Crippen molar-refractivity contribution in [3.05, 3.63) is 95.7 Å². The number of rotatable bonds is 6. The molecule has 1 heterocycles. The molecule has 0 radical (unpaired) electrons. The first-order valence-corrected chi connectivity index (χ1v) is 10.9. The highest BCUT2D eigenvalue weighted by Crippen LogP contribution is 2.34. The Bertz CT molecular complexity index is 1350. The number of hydrogen-bond acceptors (Lipinski definition) is 4. The van der Waals surface area contributed by atoms with Crippen LogP contribution in [-0.2, 0) is 6.18 Å². The van der Waals surface area contributed by atoms with Crippen molar-refractivity contribution in [2.45, 2.75) is 19.1 Å². The largest absolute Gasteiger partial charge is 0.457 e. The number of halogens is 3. The highest BCUT2D eigenvalue weighted by atomic mass is 19.4. The van der Waals surface area contributed by atoms with Crippen LogP contribution in [0.2, 0.25) is 0 Å². The molecule has 1 aromatic heterocycles. The zero-order chi connectivity index (χ0) is 25.2. The molecule has 1 atom stereocenters. The molecule has 0 aliphatic heterocycles. The summed E-state index contributed by atoms with van der Waals surface area (Å²) in [5.74, 6) is 1.32. The van der Waals surface area contributed by atoms with Gasteiger partial charge < -0.3 is 15.0 Å². The lowest BCUT2D eigenvalue weighted by atomic mass is 10.1. The molecule has 0 unspecified atom stereocenters. The average Bonchev–Trinajstić information content (AvgIpc) is 2.83. The van der Waals surface area contributed by atoms with Gasteiger partial charge in [-0.3, -0.25) is 4.79 Å². The molecule has 0 saturated carbocycles.